The van der Waals surface area contributed by atoms with Gasteiger partial charge in [0, 0.05) is 6.42 Å². The number of carboxylic acid groups (broad SMARTS) is 1. The molecule has 9 heteroatoms. The number of carbonyl (C=O) groups excluding carboxylic acids is 3. The van der Waals surface area contributed by atoms with Crippen molar-refractivity contribution in [2.75, 3.05) is 6.54 Å². The van der Waals surface area contributed by atoms with E-state index in [-0.39, 0.29) is 18.9 Å². The van der Waals surface area contributed by atoms with Crippen molar-refractivity contribution in [3.63, 3.8) is 0 Å². The molecule has 0 saturated heterocycles. The van der Waals surface area contributed by atoms with Crippen molar-refractivity contribution in [2.45, 2.75) is 45.3 Å². The SMILES string of the molecule is CC(NC(=O)C(NC(=O)CN)C(C)C)C(=O)NC(Cc1ccccc1)C(=O)O. The number of carboxylic acids is 1. The van der Waals surface area contributed by atoms with Gasteiger partial charge in [0.1, 0.15) is 18.1 Å². The van der Waals surface area contributed by atoms with Crippen LogP contribution in [0.3, 0.4) is 0 Å². The first-order valence-corrected chi connectivity index (χ1v) is 9.02. The number of hydrogen-bond donors (Lipinski definition) is 5. The van der Waals surface area contributed by atoms with Gasteiger partial charge >= 0.3 is 5.97 Å². The minimum atomic E-state index is -1.18. The van der Waals surface area contributed by atoms with Crippen molar-refractivity contribution in [3.05, 3.63) is 35.9 Å². The predicted molar refractivity (Wildman–Crippen MR) is 103 cm³/mol. The smallest absolute Gasteiger partial charge is 0.326 e. The van der Waals surface area contributed by atoms with Gasteiger partial charge in [-0.1, -0.05) is 44.2 Å². The molecule has 28 heavy (non-hydrogen) atoms. The van der Waals surface area contributed by atoms with Crippen molar-refractivity contribution in [2.24, 2.45) is 11.7 Å². The molecular formula is C19H28N4O5. The molecule has 0 saturated carbocycles. The molecule has 1 aromatic rings. The molecule has 0 radical (unpaired) electrons. The number of nitrogens with two attached hydrogens (primary N) is 1. The van der Waals surface area contributed by atoms with Crippen molar-refractivity contribution in [3.8, 4) is 0 Å². The van der Waals surface area contributed by atoms with Crippen molar-refractivity contribution < 1.29 is 24.3 Å². The van der Waals surface area contributed by atoms with Crippen LogP contribution < -0.4 is 21.7 Å². The van der Waals surface area contributed by atoms with Crippen LogP contribution in [0.5, 0.6) is 0 Å². The van der Waals surface area contributed by atoms with Gasteiger partial charge in [0.2, 0.25) is 17.7 Å². The second-order valence-corrected chi connectivity index (χ2v) is 6.81. The third-order valence-electron chi connectivity index (χ3n) is 4.10. The zero-order valence-electron chi connectivity index (χ0n) is 16.3. The quantitative estimate of drug-likeness (QED) is 0.359. The summed E-state index contributed by atoms with van der Waals surface area (Å²) in [5.41, 5.74) is 6.01. The minimum absolute atomic E-state index is 0.115. The maximum Gasteiger partial charge on any atom is 0.326 e. The summed E-state index contributed by atoms with van der Waals surface area (Å²) >= 11 is 0. The molecule has 0 bridgehead atoms. The van der Waals surface area contributed by atoms with Crippen LogP contribution in [0, 0.1) is 5.92 Å². The summed E-state index contributed by atoms with van der Waals surface area (Å²) < 4.78 is 0. The first-order valence-electron chi connectivity index (χ1n) is 9.02. The molecule has 154 valence electrons. The van der Waals surface area contributed by atoms with E-state index in [1.165, 1.54) is 6.92 Å². The fourth-order valence-electron chi connectivity index (χ4n) is 2.48. The molecule has 0 fully saturated rings. The van der Waals surface area contributed by atoms with Crippen LogP contribution in [0.2, 0.25) is 0 Å². The zero-order valence-corrected chi connectivity index (χ0v) is 16.3. The van der Waals surface area contributed by atoms with Gasteiger partial charge in [-0.05, 0) is 18.4 Å². The highest BCUT2D eigenvalue weighted by molar-refractivity contribution is 5.93. The van der Waals surface area contributed by atoms with Crippen LogP contribution in [0.4, 0.5) is 0 Å². The van der Waals surface area contributed by atoms with E-state index < -0.39 is 41.8 Å². The fraction of sp³-hybridized carbons (Fsp3) is 0.474. The fourth-order valence-corrected chi connectivity index (χ4v) is 2.48. The Morgan fingerprint density at radius 2 is 1.57 bits per heavy atom. The number of hydrogen-bond acceptors (Lipinski definition) is 5. The number of rotatable bonds is 10. The summed E-state index contributed by atoms with van der Waals surface area (Å²) in [6.07, 6.45) is 0.115. The molecule has 0 aromatic heterocycles. The highest BCUT2D eigenvalue weighted by atomic mass is 16.4. The molecule has 0 aliphatic rings. The lowest BCUT2D eigenvalue weighted by Gasteiger charge is -2.24. The average molecular weight is 392 g/mol. The van der Waals surface area contributed by atoms with Gasteiger partial charge in [0.05, 0.1) is 6.54 Å². The molecule has 6 N–H and O–H groups in total. The molecule has 1 rings (SSSR count). The summed E-state index contributed by atoms with van der Waals surface area (Å²) in [7, 11) is 0. The maximum absolute atomic E-state index is 12.4. The second-order valence-electron chi connectivity index (χ2n) is 6.81. The van der Waals surface area contributed by atoms with Crippen LogP contribution >= 0.6 is 0 Å². The van der Waals surface area contributed by atoms with E-state index in [4.69, 9.17) is 5.73 Å². The van der Waals surface area contributed by atoms with Gasteiger partial charge < -0.3 is 26.8 Å². The lowest BCUT2D eigenvalue weighted by molar-refractivity contribution is -0.142. The van der Waals surface area contributed by atoms with E-state index >= 15 is 0 Å². The van der Waals surface area contributed by atoms with Crippen molar-refractivity contribution in [1.82, 2.24) is 16.0 Å². The van der Waals surface area contributed by atoms with Crippen LogP contribution in [0.15, 0.2) is 30.3 Å². The van der Waals surface area contributed by atoms with E-state index in [2.05, 4.69) is 16.0 Å². The lowest BCUT2D eigenvalue weighted by atomic mass is 10.0. The summed E-state index contributed by atoms with van der Waals surface area (Å²) in [5.74, 6) is -3.07. The third kappa shape index (κ3) is 7.36. The normalized spacial score (nSPS) is 13.9. The minimum Gasteiger partial charge on any atom is -0.480 e. The number of amides is 3. The topological polar surface area (TPSA) is 151 Å². The van der Waals surface area contributed by atoms with Crippen LogP contribution in [0.1, 0.15) is 26.3 Å². The molecule has 3 atom stereocenters. The highest BCUT2D eigenvalue weighted by Gasteiger charge is 2.28. The Bertz CT molecular complexity index is 693. The summed E-state index contributed by atoms with van der Waals surface area (Å²) in [4.78, 5) is 47.7. The number of nitrogens with one attached hydrogen (secondary N) is 3. The van der Waals surface area contributed by atoms with Crippen LogP contribution in [0.25, 0.3) is 0 Å². The molecule has 0 spiro atoms. The molecule has 0 aliphatic heterocycles. The molecular weight excluding hydrogens is 364 g/mol. The highest BCUT2D eigenvalue weighted by Crippen LogP contribution is 2.05. The molecule has 0 aliphatic carbocycles. The van der Waals surface area contributed by atoms with E-state index in [0.717, 1.165) is 5.56 Å². The molecule has 1 aromatic carbocycles. The Morgan fingerprint density at radius 3 is 2.07 bits per heavy atom. The Labute approximate surface area is 164 Å². The molecule has 3 amide bonds. The second kappa shape index (κ2) is 11.0. The van der Waals surface area contributed by atoms with E-state index in [1.807, 2.05) is 6.07 Å². The van der Waals surface area contributed by atoms with E-state index in [1.54, 1.807) is 38.1 Å². The van der Waals surface area contributed by atoms with Gasteiger partial charge in [0.25, 0.3) is 0 Å². The lowest BCUT2D eigenvalue weighted by Crippen LogP contribution is -2.56. The Hall–Kier alpha value is -2.94. The van der Waals surface area contributed by atoms with E-state index in [0.29, 0.717) is 0 Å². The third-order valence-corrected chi connectivity index (χ3v) is 4.10. The molecule has 3 unspecified atom stereocenters. The van der Waals surface area contributed by atoms with Gasteiger partial charge in [-0.15, -0.1) is 0 Å². The van der Waals surface area contributed by atoms with Gasteiger partial charge in [-0.2, -0.15) is 0 Å². The van der Waals surface area contributed by atoms with E-state index in [9.17, 15) is 24.3 Å². The predicted octanol–water partition coefficient (Wildman–Crippen LogP) is -0.597. The molecule has 9 nitrogen and oxygen atoms in total. The Morgan fingerprint density at radius 1 is 0.964 bits per heavy atom. The summed E-state index contributed by atoms with van der Waals surface area (Å²) in [6, 6.07) is 5.92. The largest absolute Gasteiger partial charge is 0.480 e. The van der Waals surface area contributed by atoms with Gasteiger partial charge in [-0.25, -0.2) is 4.79 Å². The average Bonchev–Trinajstić information content (AvgIpc) is 2.65. The Balaban J connectivity index is 2.71. The van der Waals surface area contributed by atoms with Crippen LogP contribution in [-0.2, 0) is 25.6 Å². The number of carbonyl (C=O) groups is 4. The zero-order chi connectivity index (χ0) is 21.3. The monoisotopic (exact) mass is 392 g/mol. The number of aliphatic carboxylic acids is 1. The molecule has 0 heterocycles. The maximum atomic E-state index is 12.4. The Kier molecular flexibility index (Phi) is 9.10. The summed E-state index contributed by atoms with van der Waals surface area (Å²) in [5, 5.41) is 16.8. The van der Waals surface area contributed by atoms with Crippen molar-refractivity contribution in [1.29, 1.82) is 0 Å². The van der Waals surface area contributed by atoms with Gasteiger partial charge in [-0.3, -0.25) is 14.4 Å². The first kappa shape index (κ1) is 23.1. The first-order chi connectivity index (χ1) is 13.1. The van der Waals surface area contributed by atoms with Crippen molar-refractivity contribution >= 4 is 23.7 Å². The standard InChI is InChI=1S/C19H28N4O5/c1-11(2)16(23-15(24)10-20)18(26)21-12(3)17(25)22-14(19(27)28)9-13-7-5-4-6-8-13/h4-8,11-12,14,16H,9-10,20H2,1-3H3,(H,21,26)(H,22,25)(H,23,24)(H,27,28). The summed E-state index contributed by atoms with van der Waals surface area (Å²) in [6.45, 7) is 4.67. The van der Waals surface area contributed by atoms with Gasteiger partial charge in [0.15, 0.2) is 0 Å². The van der Waals surface area contributed by atoms with Crippen LogP contribution in [-0.4, -0.2) is 53.5 Å². The number of benzene rings is 1.